The van der Waals surface area contributed by atoms with E-state index in [0.29, 0.717) is 48.7 Å². The summed E-state index contributed by atoms with van der Waals surface area (Å²) in [6.45, 7) is 20.9. The molecule has 1 aromatic carbocycles. The summed E-state index contributed by atoms with van der Waals surface area (Å²) in [6, 6.07) is -13.7. The summed E-state index contributed by atoms with van der Waals surface area (Å²) >= 11 is 0. The fourth-order valence-corrected chi connectivity index (χ4v) is 12.5. The predicted molar refractivity (Wildman–Crippen MR) is 442 cm³/mol. The van der Waals surface area contributed by atoms with Crippen LogP contribution < -0.4 is 120 Å². The summed E-state index contributed by atoms with van der Waals surface area (Å²) in [5.41, 5.74) is 46.5. The number of carbonyl (C=O) groups excluding carboxylic acids is 19. The molecular formula is C78H131N23O19. The maximum atomic E-state index is 14.3. The molecule has 0 fully saturated rings. The highest BCUT2D eigenvalue weighted by Gasteiger charge is 2.40. The first-order chi connectivity index (χ1) is 56.1. The quantitative estimate of drug-likeness (QED) is 0.0274. The van der Waals surface area contributed by atoms with Crippen molar-refractivity contribution in [1.82, 2.24) is 79.4 Å². The third-order valence-electron chi connectivity index (χ3n) is 19.3. The van der Waals surface area contributed by atoms with Crippen LogP contribution in [0.5, 0.6) is 0 Å². The molecule has 0 aliphatic heterocycles. The second-order valence-corrected chi connectivity index (χ2v) is 32.1. The van der Waals surface area contributed by atoms with Gasteiger partial charge in [-0.3, -0.25) is 91.1 Å². The molecule has 0 aliphatic carbocycles. The lowest BCUT2D eigenvalue weighted by atomic mass is 9.97. The summed E-state index contributed by atoms with van der Waals surface area (Å²) in [5.74, 6) is -21.8. The molecule has 0 unspecified atom stereocenters. The van der Waals surface area contributed by atoms with Crippen molar-refractivity contribution in [2.45, 2.75) is 271 Å². The normalized spacial score (nSPS) is 15.1. The van der Waals surface area contributed by atoms with Gasteiger partial charge in [0.25, 0.3) is 0 Å². The van der Waals surface area contributed by atoms with E-state index in [0.717, 1.165) is 0 Å². The Balaban J connectivity index is 2.35. The first-order valence-corrected chi connectivity index (χ1v) is 40.5. The number of fused-ring (bicyclic) bond motifs is 1. The number of hydrogen-bond acceptors (Lipinski definition) is 22. The van der Waals surface area contributed by atoms with Crippen LogP contribution in [0.2, 0.25) is 0 Å². The molecule has 2 rings (SSSR count). The van der Waals surface area contributed by atoms with Gasteiger partial charge in [-0.25, -0.2) is 0 Å². The molecule has 0 radical (unpaired) electrons. The van der Waals surface area contributed by atoms with E-state index < -0.39 is 253 Å². The number of aromatic amines is 1. The number of aromatic nitrogens is 1. The summed E-state index contributed by atoms with van der Waals surface area (Å²) in [4.78, 5) is 261. The zero-order valence-electron chi connectivity index (χ0n) is 71.0. The standard InChI is InChI=1S/C78H131N23O19/c1-14-42(12)64(78(120)98-55(33-59(84)104)70(112)89-43(13)66(108)99-62(40(8)9)77(119)97-51(29-39(6)7)71(113)91-48(24-18-20-26-80)69(111)100-63(41(10)11)76(118)92-49(65(86)107)27-37(2)3)101-75(117)54(32-58(83)103)90-61(106)36-88-68(110)53(31-57(82)102)95-72(114)50(28-38(4)5)94-74(116)56(34-60(85)105)96-73(115)52(93-67(109)46(81)22-17-19-25-79)30-44-35-87-47-23-16-15-21-45(44)47/h15-16,21,23,35,37-43,46,48-56,62-64,87H,14,17-20,22,24-34,36,79-81H2,1-13H3,(H2,82,102)(H2,83,103)(H2,84,104)(H2,85,105)(H2,86,107)(H,88,110)(H,89,112)(H,90,106)(H,91,113)(H,92,118)(H,93,109)(H,94,116)(H,95,114)(H,96,115)(H,97,119)(H,98,120)(H,99,108)(H,100,111)(H,101,117)/t42-,43-,46-,48-,49-,50-,51-,52-,53-,54-,55-,56-,62-,63-,64-/m0/s1. The molecule has 0 spiro atoms. The van der Waals surface area contributed by atoms with Crippen molar-refractivity contribution in [3.8, 4) is 0 Å². The van der Waals surface area contributed by atoms with Crippen LogP contribution in [0.3, 0.4) is 0 Å². The van der Waals surface area contributed by atoms with Gasteiger partial charge in [0.05, 0.1) is 38.3 Å². The van der Waals surface area contributed by atoms with Gasteiger partial charge in [-0.15, -0.1) is 0 Å². The molecule has 1 aromatic heterocycles. The van der Waals surface area contributed by atoms with Crippen molar-refractivity contribution in [2.75, 3.05) is 19.6 Å². The van der Waals surface area contributed by atoms with Crippen LogP contribution in [0.25, 0.3) is 10.9 Å². The number of hydrogen-bond donors (Lipinski definition) is 23. The molecule has 0 saturated heterocycles. The Bertz CT molecular complexity index is 3870. The molecular weight excluding hydrogens is 1560 g/mol. The van der Waals surface area contributed by atoms with Crippen molar-refractivity contribution in [3.05, 3.63) is 36.0 Å². The van der Waals surface area contributed by atoms with E-state index in [2.05, 4.69) is 79.4 Å². The average molecular weight is 1700 g/mol. The average Bonchev–Trinajstić information content (AvgIpc) is 1.65. The summed E-state index contributed by atoms with van der Waals surface area (Å²) in [5, 5.41) is 35.3. The molecule has 1 heterocycles. The number of H-pyrrole nitrogens is 1. The minimum atomic E-state index is -1.90. The van der Waals surface area contributed by atoms with Crippen molar-refractivity contribution >= 4 is 123 Å². The molecule has 0 saturated carbocycles. The van der Waals surface area contributed by atoms with Gasteiger partial charge in [-0.05, 0) is 119 Å². The van der Waals surface area contributed by atoms with Gasteiger partial charge >= 0.3 is 0 Å². The van der Waals surface area contributed by atoms with Crippen LogP contribution in [0.4, 0.5) is 0 Å². The summed E-state index contributed by atoms with van der Waals surface area (Å²) in [7, 11) is 0. The highest BCUT2D eigenvalue weighted by atomic mass is 16.2. The molecule has 15 atom stereocenters. The second-order valence-electron chi connectivity index (χ2n) is 32.1. The van der Waals surface area contributed by atoms with Gasteiger partial charge in [-0.2, -0.15) is 0 Å². The van der Waals surface area contributed by atoms with E-state index in [1.165, 1.54) is 13.8 Å². The van der Waals surface area contributed by atoms with E-state index in [1.54, 1.807) is 92.8 Å². The number of carbonyl (C=O) groups is 19. The van der Waals surface area contributed by atoms with Crippen LogP contribution in [-0.4, -0.2) is 221 Å². The number of para-hydroxylation sites is 1. The van der Waals surface area contributed by atoms with Gasteiger partial charge in [0.15, 0.2) is 0 Å². The van der Waals surface area contributed by atoms with Crippen LogP contribution in [0, 0.1) is 35.5 Å². The zero-order chi connectivity index (χ0) is 91.1. The molecule has 2 aromatic rings. The smallest absolute Gasteiger partial charge is 0.243 e. The predicted octanol–water partition coefficient (Wildman–Crippen LogP) is -5.78. The Labute approximate surface area is 698 Å². The van der Waals surface area contributed by atoms with Gasteiger partial charge < -0.3 is 125 Å². The van der Waals surface area contributed by atoms with E-state index in [-0.39, 0.29) is 63.3 Å². The van der Waals surface area contributed by atoms with Crippen LogP contribution in [-0.2, 0) is 97.5 Å². The molecule has 42 nitrogen and oxygen atoms in total. The Hall–Kier alpha value is -11.4. The third kappa shape index (κ3) is 37.7. The Morgan fingerprint density at radius 3 is 1.19 bits per heavy atom. The zero-order valence-corrected chi connectivity index (χ0v) is 71.0. The molecule has 0 bridgehead atoms. The maximum Gasteiger partial charge on any atom is 0.243 e. The van der Waals surface area contributed by atoms with Crippen molar-refractivity contribution < 1.29 is 91.1 Å². The number of primary amides is 5. The van der Waals surface area contributed by atoms with Crippen LogP contribution >= 0.6 is 0 Å². The van der Waals surface area contributed by atoms with Gasteiger partial charge in [-0.1, -0.05) is 114 Å². The Kier molecular flexibility index (Phi) is 45.8. The lowest BCUT2D eigenvalue weighted by molar-refractivity contribution is -0.137. The number of rotatable bonds is 57. The molecule has 19 amide bonds. The van der Waals surface area contributed by atoms with Crippen LogP contribution in [0.15, 0.2) is 30.5 Å². The van der Waals surface area contributed by atoms with Gasteiger partial charge in [0.1, 0.15) is 78.5 Å². The second kappa shape index (κ2) is 52.5. The number of unbranched alkanes of at least 4 members (excludes halogenated alkanes) is 2. The Morgan fingerprint density at radius 1 is 0.367 bits per heavy atom. The largest absolute Gasteiger partial charge is 0.370 e. The molecule has 0 aliphatic rings. The number of nitrogens with two attached hydrogens (primary N) is 8. The molecule has 672 valence electrons. The number of amides is 19. The van der Waals surface area contributed by atoms with Crippen molar-refractivity contribution in [2.24, 2.45) is 81.4 Å². The third-order valence-corrected chi connectivity index (χ3v) is 19.3. The van der Waals surface area contributed by atoms with E-state index in [1.807, 2.05) is 13.8 Å². The number of benzene rings is 1. The fourth-order valence-electron chi connectivity index (χ4n) is 12.5. The molecule has 31 N–H and O–H groups in total. The van der Waals surface area contributed by atoms with Crippen molar-refractivity contribution in [1.29, 1.82) is 0 Å². The van der Waals surface area contributed by atoms with E-state index in [4.69, 9.17) is 45.9 Å². The van der Waals surface area contributed by atoms with Gasteiger partial charge in [0, 0.05) is 23.5 Å². The first-order valence-electron chi connectivity index (χ1n) is 40.5. The first kappa shape index (κ1) is 105. The van der Waals surface area contributed by atoms with E-state index in [9.17, 15) is 91.1 Å². The van der Waals surface area contributed by atoms with Crippen LogP contribution in [0.1, 0.15) is 185 Å². The van der Waals surface area contributed by atoms with Crippen molar-refractivity contribution in [3.63, 3.8) is 0 Å². The minimum absolute atomic E-state index is 0.0211. The lowest BCUT2D eigenvalue weighted by Gasteiger charge is -2.30. The highest BCUT2D eigenvalue weighted by Crippen LogP contribution is 2.21. The van der Waals surface area contributed by atoms with E-state index >= 15 is 0 Å². The Morgan fingerprint density at radius 2 is 0.725 bits per heavy atom. The van der Waals surface area contributed by atoms with Gasteiger partial charge in [0.2, 0.25) is 112 Å². The highest BCUT2D eigenvalue weighted by molar-refractivity contribution is 6.02. The fraction of sp³-hybridized carbons (Fsp3) is 0.654. The minimum Gasteiger partial charge on any atom is -0.370 e. The molecule has 42 heteroatoms. The summed E-state index contributed by atoms with van der Waals surface area (Å²) in [6.07, 6.45) is 0.335. The lowest BCUT2D eigenvalue weighted by Crippen LogP contribution is -2.61. The molecule has 120 heavy (non-hydrogen) atoms. The topological polar surface area (TPSA) is 717 Å². The number of nitrogens with one attached hydrogen (secondary N) is 15. The monoisotopic (exact) mass is 1690 g/mol. The summed E-state index contributed by atoms with van der Waals surface area (Å²) < 4.78 is 0. The maximum absolute atomic E-state index is 14.3. The SMILES string of the molecule is CC[C@H](C)[C@H](NC(=O)[C@H](CC(N)=O)NC(=O)CNC(=O)[C@H](CC(N)=O)NC(=O)[C@H](CC(C)C)NC(=O)[C@H](CC(N)=O)NC(=O)[C@H](Cc1c[nH]c2ccccc12)NC(=O)[C@@H](N)CCCCN)C(=O)N[C@@H](CC(N)=O)C(=O)N[C@@H](C)C(=O)N[C@H](C(=O)N[C@@H](CC(C)C)C(=O)N[C@@H](CCCCN)C(=O)N[C@H](C(=O)N[C@@H](CC(C)C)C(N)=O)C(C)C)C(C)C.